The molecule has 290 valence electrons. The van der Waals surface area contributed by atoms with Crippen molar-refractivity contribution in [1.82, 2.24) is 0 Å². The highest BCUT2D eigenvalue weighted by Crippen LogP contribution is 2.48. The summed E-state index contributed by atoms with van der Waals surface area (Å²) in [7, 11) is -2.48. The molecule has 0 saturated carbocycles. The van der Waals surface area contributed by atoms with Gasteiger partial charge in [0, 0.05) is 12.7 Å². The number of benzene rings is 5. The molecule has 0 aromatic heterocycles. The average molecular weight is 781 g/mol. The van der Waals surface area contributed by atoms with E-state index >= 15 is 0 Å². The quantitative estimate of drug-likeness (QED) is 0.0774. The number of hydrogen-bond acceptors (Lipinski definition) is 7. The van der Waals surface area contributed by atoms with Crippen molar-refractivity contribution in [3.8, 4) is 28.7 Å². The lowest BCUT2D eigenvalue weighted by Gasteiger charge is -2.26. The first-order chi connectivity index (χ1) is 26.0. The van der Waals surface area contributed by atoms with Crippen molar-refractivity contribution in [3.63, 3.8) is 0 Å². The molecule has 0 spiro atoms. The number of carbonyl (C=O) groups excluding carboxylic acids is 1. The first-order valence-electron chi connectivity index (χ1n) is 18.5. The molecule has 5 aromatic rings. The van der Waals surface area contributed by atoms with E-state index in [-0.39, 0.29) is 22.0 Å². The average Bonchev–Trinajstić information content (AvgIpc) is 3.11. The van der Waals surface area contributed by atoms with Gasteiger partial charge in [0.05, 0.1) is 11.1 Å². The van der Waals surface area contributed by atoms with Crippen LogP contribution in [0.1, 0.15) is 94.9 Å². The summed E-state index contributed by atoms with van der Waals surface area (Å²) in [6.07, 6.45) is 1.59. The molecule has 2 atom stereocenters. The predicted molar refractivity (Wildman–Crippen MR) is 225 cm³/mol. The summed E-state index contributed by atoms with van der Waals surface area (Å²) >= 11 is 0. The summed E-state index contributed by atoms with van der Waals surface area (Å²) < 4.78 is 38.3. The standard InChI is InChI=1S/C46H54O7P2/c1-44(2,3)31-33-21-11-16-26-38(33)49-54(48-10)51-40-28-18-13-23-35(40)43(47)36-24-14-19-29-41(36)52-55(53-42-30-20-15-25-37(42)46(7,8)9)50-39-27-17-12-22-34(39)32-45(4,5)6/h11-30H,31-32H2,1-10H3. The van der Waals surface area contributed by atoms with Crippen LogP contribution in [0.3, 0.4) is 0 Å². The number of para-hydroxylation sites is 5. The molecule has 0 aliphatic rings. The number of rotatable bonds is 15. The molecule has 0 aliphatic heterocycles. The second kappa shape index (κ2) is 18.0. The molecular weight excluding hydrogens is 726 g/mol. The van der Waals surface area contributed by atoms with Crippen LogP contribution >= 0.6 is 17.2 Å². The van der Waals surface area contributed by atoms with E-state index < -0.39 is 17.2 Å². The Bertz CT molecular complexity index is 2040. The van der Waals surface area contributed by atoms with Crippen molar-refractivity contribution in [2.45, 2.75) is 80.6 Å². The van der Waals surface area contributed by atoms with Gasteiger partial charge in [-0.05, 0) is 82.7 Å². The smallest absolute Gasteiger partial charge is 0.417 e. The number of hydrogen-bond donors (Lipinski definition) is 0. The van der Waals surface area contributed by atoms with Crippen LogP contribution in [0.25, 0.3) is 0 Å². The van der Waals surface area contributed by atoms with Crippen molar-refractivity contribution >= 4 is 23.0 Å². The van der Waals surface area contributed by atoms with Gasteiger partial charge in [0.1, 0.15) is 28.7 Å². The van der Waals surface area contributed by atoms with Gasteiger partial charge in [-0.1, -0.05) is 141 Å². The van der Waals surface area contributed by atoms with Crippen molar-refractivity contribution < 1.29 is 31.9 Å². The molecule has 0 fully saturated rings. The molecule has 0 radical (unpaired) electrons. The van der Waals surface area contributed by atoms with E-state index in [1.54, 1.807) is 36.4 Å². The summed E-state index contributed by atoms with van der Waals surface area (Å²) in [6, 6.07) is 37.9. The van der Waals surface area contributed by atoms with E-state index in [1.807, 2.05) is 78.9 Å². The highest BCUT2D eigenvalue weighted by atomic mass is 31.2. The topological polar surface area (TPSA) is 72.5 Å². The van der Waals surface area contributed by atoms with Crippen molar-refractivity contribution in [2.24, 2.45) is 10.8 Å². The van der Waals surface area contributed by atoms with E-state index in [4.69, 9.17) is 27.1 Å². The van der Waals surface area contributed by atoms with Crippen LogP contribution in [0, 0.1) is 10.8 Å². The molecule has 0 heterocycles. The van der Waals surface area contributed by atoms with Crippen molar-refractivity contribution in [2.75, 3.05) is 7.11 Å². The summed E-state index contributed by atoms with van der Waals surface area (Å²) in [4.78, 5) is 14.5. The fourth-order valence-electron chi connectivity index (χ4n) is 5.95. The Morgan fingerprint density at radius 1 is 0.455 bits per heavy atom. The van der Waals surface area contributed by atoms with Crippen molar-refractivity contribution in [3.05, 3.63) is 149 Å². The Labute approximate surface area is 330 Å². The molecule has 0 aliphatic carbocycles. The zero-order valence-corrected chi connectivity index (χ0v) is 35.5. The van der Waals surface area contributed by atoms with Crippen LogP contribution in [0.2, 0.25) is 0 Å². The Morgan fingerprint density at radius 3 is 1.25 bits per heavy atom. The normalized spacial score (nSPS) is 13.1. The monoisotopic (exact) mass is 780 g/mol. The van der Waals surface area contributed by atoms with E-state index in [0.29, 0.717) is 39.9 Å². The molecule has 5 rings (SSSR count). The van der Waals surface area contributed by atoms with Crippen LogP contribution < -0.4 is 22.6 Å². The van der Waals surface area contributed by atoms with Gasteiger partial charge in [-0.25, -0.2) is 0 Å². The fraction of sp³-hybridized carbons (Fsp3) is 0.326. The lowest BCUT2D eigenvalue weighted by atomic mass is 9.86. The van der Waals surface area contributed by atoms with Gasteiger partial charge in [0.15, 0.2) is 0 Å². The fourth-order valence-corrected chi connectivity index (χ4v) is 7.88. The molecule has 9 heteroatoms. The maximum Gasteiger partial charge on any atom is 0.530 e. The zero-order valence-electron chi connectivity index (χ0n) is 33.7. The number of carbonyl (C=O) groups is 1. The zero-order chi connectivity index (χ0) is 39.8. The highest BCUT2D eigenvalue weighted by Gasteiger charge is 2.30. The summed E-state index contributed by atoms with van der Waals surface area (Å²) in [5, 5.41) is 0. The minimum Gasteiger partial charge on any atom is -0.417 e. The third kappa shape index (κ3) is 12.0. The van der Waals surface area contributed by atoms with Gasteiger partial charge in [-0.2, -0.15) is 0 Å². The molecule has 0 amide bonds. The lowest BCUT2D eigenvalue weighted by molar-refractivity contribution is 0.103. The summed E-state index contributed by atoms with van der Waals surface area (Å²) in [6.45, 7) is 19.5. The molecule has 0 bridgehead atoms. The minimum absolute atomic E-state index is 0.0151. The first-order valence-corrected chi connectivity index (χ1v) is 20.7. The van der Waals surface area contributed by atoms with Crippen LogP contribution in [-0.2, 0) is 22.8 Å². The van der Waals surface area contributed by atoms with E-state index in [9.17, 15) is 4.79 Å². The largest absolute Gasteiger partial charge is 0.530 e. The Kier molecular flexibility index (Phi) is 13.7. The van der Waals surface area contributed by atoms with Crippen LogP contribution in [-0.4, -0.2) is 12.9 Å². The Balaban J connectivity index is 1.47. The minimum atomic E-state index is -2.11. The summed E-state index contributed by atoms with van der Waals surface area (Å²) in [5.74, 6) is 2.33. The maximum absolute atomic E-state index is 14.5. The van der Waals surface area contributed by atoms with Gasteiger partial charge in [0.25, 0.3) is 0 Å². The van der Waals surface area contributed by atoms with E-state index in [2.05, 4.69) is 68.4 Å². The molecule has 7 nitrogen and oxygen atoms in total. The predicted octanol–water partition coefficient (Wildman–Crippen LogP) is 13.5. The first kappa shape index (κ1) is 41.7. The van der Waals surface area contributed by atoms with Crippen LogP contribution in [0.15, 0.2) is 121 Å². The van der Waals surface area contributed by atoms with Crippen molar-refractivity contribution in [1.29, 1.82) is 0 Å². The molecule has 2 unspecified atom stereocenters. The highest BCUT2D eigenvalue weighted by molar-refractivity contribution is 7.43. The Hall–Kier alpha value is -4.41. The van der Waals surface area contributed by atoms with Crippen LogP contribution in [0.4, 0.5) is 0 Å². The third-order valence-corrected chi connectivity index (χ3v) is 10.4. The van der Waals surface area contributed by atoms with Gasteiger partial charge in [0.2, 0.25) is 5.78 Å². The molecular formula is C46H54O7P2. The van der Waals surface area contributed by atoms with Gasteiger partial charge in [-0.3, -0.25) is 9.32 Å². The maximum atomic E-state index is 14.5. The second-order valence-electron chi connectivity index (χ2n) is 16.8. The molecule has 5 aromatic carbocycles. The molecule has 0 saturated heterocycles. The SMILES string of the molecule is COP(Oc1ccccc1CC(C)(C)C)Oc1ccccc1C(=O)c1ccccc1OP(Oc1ccccc1CC(C)(C)C)Oc1ccccc1C(C)(C)C. The van der Waals surface area contributed by atoms with Gasteiger partial charge in [-0.15, -0.1) is 0 Å². The Morgan fingerprint density at radius 2 is 0.800 bits per heavy atom. The lowest BCUT2D eigenvalue weighted by Crippen LogP contribution is -2.14. The number of ketones is 1. The van der Waals surface area contributed by atoms with E-state index in [1.165, 1.54) is 7.11 Å². The van der Waals surface area contributed by atoms with Gasteiger partial charge < -0.3 is 22.6 Å². The molecule has 55 heavy (non-hydrogen) atoms. The van der Waals surface area contributed by atoms with Crippen LogP contribution in [0.5, 0.6) is 28.7 Å². The third-order valence-electron chi connectivity index (χ3n) is 8.36. The molecule has 0 N–H and O–H groups in total. The summed E-state index contributed by atoms with van der Waals surface area (Å²) in [5.41, 5.74) is 3.59. The van der Waals surface area contributed by atoms with E-state index in [0.717, 1.165) is 29.5 Å². The second-order valence-corrected chi connectivity index (χ2v) is 19.0. The van der Waals surface area contributed by atoms with Gasteiger partial charge >= 0.3 is 17.2 Å².